The van der Waals surface area contributed by atoms with Gasteiger partial charge in [-0.25, -0.2) is 14.2 Å². The van der Waals surface area contributed by atoms with Gasteiger partial charge in [-0.15, -0.1) is 0 Å². The average molecular weight is 536 g/mol. The molecule has 0 amide bonds. The molecule has 0 unspecified atom stereocenters. The second kappa shape index (κ2) is 8.97. The SMILES string of the molecule is C/C(=C1\c2ccc(Cc3c(C)nc4cc(C(F)(F)F)ccn34)cc2COc2cc(F)ccc21)c1noc(=O)[nH]1. The van der Waals surface area contributed by atoms with Crippen LogP contribution in [0.4, 0.5) is 17.6 Å². The maximum absolute atomic E-state index is 14.1. The fourth-order valence-corrected chi connectivity index (χ4v) is 4.95. The summed E-state index contributed by atoms with van der Waals surface area (Å²) in [6.07, 6.45) is -2.67. The van der Waals surface area contributed by atoms with E-state index in [9.17, 15) is 22.4 Å². The van der Waals surface area contributed by atoms with Gasteiger partial charge in [-0.3, -0.25) is 9.51 Å². The Bertz CT molecular complexity index is 1850. The number of ether oxygens (including phenoxy) is 1. The lowest BCUT2D eigenvalue weighted by atomic mass is 9.89. The van der Waals surface area contributed by atoms with E-state index in [1.54, 1.807) is 24.3 Å². The Kier molecular flexibility index (Phi) is 5.67. The highest BCUT2D eigenvalue weighted by atomic mass is 19.4. The number of rotatable bonds is 3. The number of imidazole rings is 1. The maximum Gasteiger partial charge on any atom is 0.439 e. The zero-order chi connectivity index (χ0) is 27.5. The molecule has 0 bridgehead atoms. The summed E-state index contributed by atoms with van der Waals surface area (Å²) in [5, 5.41) is 3.82. The topological polar surface area (TPSA) is 85.4 Å². The number of pyridine rings is 1. The number of aryl methyl sites for hydroxylation is 1. The van der Waals surface area contributed by atoms with Gasteiger partial charge in [-0.05, 0) is 60.4 Å². The average Bonchev–Trinajstić information content (AvgIpc) is 3.41. The van der Waals surface area contributed by atoms with Crippen molar-refractivity contribution in [1.29, 1.82) is 0 Å². The van der Waals surface area contributed by atoms with E-state index < -0.39 is 23.3 Å². The summed E-state index contributed by atoms with van der Waals surface area (Å²) in [5.41, 5.74) is 5.24. The number of halogens is 4. The minimum absolute atomic E-state index is 0.146. The Morgan fingerprint density at radius 1 is 1.10 bits per heavy atom. The van der Waals surface area contributed by atoms with Crippen LogP contribution in [-0.2, 0) is 19.2 Å². The molecule has 0 aliphatic carbocycles. The number of fused-ring (bicyclic) bond motifs is 3. The van der Waals surface area contributed by atoms with Gasteiger partial charge in [0.25, 0.3) is 0 Å². The number of hydrogen-bond donors (Lipinski definition) is 1. The van der Waals surface area contributed by atoms with Crippen LogP contribution in [-0.4, -0.2) is 19.5 Å². The zero-order valence-electron chi connectivity index (χ0n) is 20.7. The summed E-state index contributed by atoms with van der Waals surface area (Å²) in [6, 6.07) is 12.1. The minimum Gasteiger partial charge on any atom is -0.488 e. The second-order valence-electron chi connectivity index (χ2n) is 9.33. The summed E-state index contributed by atoms with van der Waals surface area (Å²) in [7, 11) is 0. The first-order valence-corrected chi connectivity index (χ1v) is 12.0. The highest BCUT2D eigenvalue weighted by Crippen LogP contribution is 2.41. The van der Waals surface area contributed by atoms with Crippen molar-refractivity contribution in [2.75, 3.05) is 0 Å². The normalized spacial score (nSPS) is 14.5. The third-order valence-electron chi connectivity index (χ3n) is 6.83. The Morgan fingerprint density at radius 2 is 1.90 bits per heavy atom. The number of H-pyrrole nitrogens is 1. The van der Waals surface area contributed by atoms with Gasteiger partial charge < -0.3 is 9.14 Å². The van der Waals surface area contributed by atoms with Crippen molar-refractivity contribution in [3.05, 3.63) is 116 Å². The van der Waals surface area contributed by atoms with E-state index in [2.05, 4.69) is 15.1 Å². The van der Waals surface area contributed by atoms with E-state index in [4.69, 9.17) is 9.26 Å². The van der Waals surface area contributed by atoms with Crippen LogP contribution in [0, 0.1) is 12.7 Å². The fraction of sp³-hybridized carbons (Fsp3) is 0.179. The van der Waals surface area contributed by atoms with Crippen LogP contribution >= 0.6 is 0 Å². The van der Waals surface area contributed by atoms with Crippen molar-refractivity contribution in [3.63, 3.8) is 0 Å². The number of nitrogens with one attached hydrogen (secondary N) is 1. The molecule has 0 fully saturated rings. The molecule has 1 N–H and O–H groups in total. The molecule has 5 aromatic rings. The summed E-state index contributed by atoms with van der Waals surface area (Å²) < 4.78 is 66.0. The van der Waals surface area contributed by atoms with Crippen LogP contribution in [0.15, 0.2) is 64.0 Å². The lowest BCUT2D eigenvalue weighted by Crippen LogP contribution is -2.06. The van der Waals surface area contributed by atoms with Crippen molar-refractivity contribution in [1.82, 2.24) is 19.5 Å². The molecule has 1 aliphatic heterocycles. The lowest BCUT2D eigenvalue weighted by molar-refractivity contribution is -0.137. The largest absolute Gasteiger partial charge is 0.488 e. The van der Waals surface area contributed by atoms with Gasteiger partial charge in [-0.1, -0.05) is 23.4 Å². The molecular formula is C28H20F4N4O3. The molecule has 4 heterocycles. The van der Waals surface area contributed by atoms with Gasteiger partial charge in [0.05, 0.1) is 11.3 Å². The molecule has 0 radical (unpaired) electrons. The van der Waals surface area contributed by atoms with Crippen molar-refractivity contribution in [2.24, 2.45) is 0 Å². The van der Waals surface area contributed by atoms with Gasteiger partial charge in [0, 0.05) is 35.5 Å². The van der Waals surface area contributed by atoms with Crippen LogP contribution in [0.25, 0.3) is 16.8 Å². The fourth-order valence-electron chi connectivity index (χ4n) is 4.95. The Labute approximate surface area is 218 Å². The first-order chi connectivity index (χ1) is 18.6. The molecule has 7 nitrogen and oxygen atoms in total. The molecule has 6 rings (SSSR count). The number of aromatic amines is 1. The zero-order valence-corrected chi connectivity index (χ0v) is 20.7. The highest BCUT2D eigenvalue weighted by molar-refractivity contribution is 5.99. The van der Waals surface area contributed by atoms with Crippen molar-refractivity contribution in [3.8, 4) is 5.75 Å². The van der Waals surface area contributed by atoms with E-state index in [-0.39, 0.29) is 18.1 Å². The number of benzene rings is 2. The number of allylic oxidation sites excluding steroid dienone is 1. The van der Waals surface area contributed by atoms with Crippen LogP contribution in [0.3, 0.4) is 0 Å². The van der Waals surface area contributed by atoms with Gasteiger partial charge in [0.15, 0.2) is 5.82 Å². The number of aromatic nitrogens is 4. The molecule has 198 valence electrons. The van der Waals surface area contributed by atoms with Crippen molar-refractivity contribution in [2.45, 2.75) is 33.1 Å². The molecule has 11 heteroatoms. The molecule has 0 saturated carbocycles. The first-order valence-electron chi connectivity index (χ1n) is 12.0. The smallest absolute Gasteiger partial charge is 0.439 e. The summed E-state index contributed by atoms with van der Waals surface area (Å²) in [5.74, 6) is -0.577. The van der Waals surface area contributed by atoms with Crippen LogP contribution < -0.4 is 10.5 Å². The van der Waals surface area contributed by atoms with Gasteiger partial charge in [-0.2, -0.15) is 13.2 Å². The standard InChI is InChI=1S/C28H20F4N4O3/c1-14(26-34-27(37)39-35-26)25-20-5-3-16(9-17(20)13-38-23-12-19(29)4-6-21(23)25)10-22-15(2)33-24-11-18(28(30,31)32)7-8-36(22)24/h3-9,11-12H,10,13H2,1-2H3,(H,34,35,37)/b25-14-. The summed E-state index contributed by atoms with van der Waals surface area (Å²) in [4.78, 5) is 18.5. The minimum atomic E-state index is -4.46. The third-order valence-corrected chi connectivity index (χ3v) is 6.83. The van der Waals surface area contributed by atoms with Crippen molar-refractivity contribution >= 4 is 16.8 Å². The number of alkyl halides is 3. The Morgan fingerprint density at radius 3 is 2.64 bits per heavy atom. The molecule has 0 saturated heterocycles. The van der Waals surface area contributed by atoms with E-state index in [0.717, 1.165) is 34.5 Å². The maximum atomic E-state index is 14.1. The molecule has 2 aromatic carbocycles. The number of nitrogens with zero attached hydrogens (tertiary/aromatic N) is 3. The van der Waals surface area contributed by atoms with E-state index in [1.807, 2.05) is 18.2 Å². The van der Waals surface area contributed by atoms with Crippen LogP contribution in [0.5, 0.6) is 5.75 Å². The van der Waals surface area contributed by atoms with Crippen molar-refractivity contribution < 1.29 is 26.8 Å². The highest BCUT2D eigenvalue weighted by Gasteiger charge is 2.31. The Balaban J connectivity index is 1.44. The molecule has 0 spiro atoms. The molecule has 3 aromatic heterocycles. The predicted octanol–water partition coefficient (Wildman–Crippen LogP) is 5.94. The second-order valence-corrected chi connectivity index (χ2v) is 9.33. The predicted molar refractivity (Wildman–Crippen MR) is 134 cm³/mol. The monoisotopic (exact) mass is 536 g/mol. The third kappa shape index (κ3) is 4.39. The quantitative estimate of drug-likeness (QED) is 0.289. The number of hydrogen-bond acceptors (Lipinski definition) is 5. The lowest BCUT2D eigenvalue weighted by Gasteiger charge is -2.14. The van der Waals surface area contributed by atoms with E-state index in [1.165, 1.54) is 18.3 Å². The molecular weight excluding hydrogens is 516 g/mol. The molecule has 0 atom stereocenters. The van der Waals surface area contributed by atoms with E-state index >= 15 is 0 Å². The molecule has 39 heavy (non-hydrogen) atoms. The first kappa shape index (κ1) is 24.7. The van der Waals surface area contributed by atoms with E-state index in [0.29, 0.717) is 34.6 Å². The summed E-state index contributed by atoms with van der Waals surface area (Å²) >= 11 is 0. The van der Waals surface area contributed by atoms with Gasteiger partial charge in [0.1, 0.15) is 23.8 Å². The van der Waals surface area contributed by atoms with Crippen LogP contribution in [0.2, 0.25) is 0 Å². The Hall–Kier alpha value is -4.67. The summed E-state index contributed by atoms with van der Waals surface area (Å²) in [6.45, 7) is 3.68. The molecule has 1 aliphatic rings. The van der Waals surface area contributed by atoms with Gasteiger partial charge in [0.2, 0.25) is 0 Å². The van der Waals surface area contributed by atoms with Gasteiger partial charge >= 0.3 is 11.9 Å². The van der Waals surface area contributed by atoms with Crippen LogP contribution in [0.1, 0.15) is 52.0 Å².